The predicted octanol–water partition coefficient (Wildman–Crippen LogP) is 0.663. The Morgan fingerprint density at radius 3 is 2.43 bits per heavy atom. The molecule has 0 aliphatic heterocycles. The van der Waals surface area contributed by atoms with E-state index in [1.54, 1.807) is 7.05 Å². The van der Waals surface area contributed by atoms with Crippen molar-refractivity contribution in [1.29, 1.82) is 0 Å². The van der Waals surface area contributed by atoms with Gasteiger partial charge < -0.3 is 26.4 Å². The van der Waals surface area contributed by atoms with Crippen LogP contribution in [0.3, 0.4) is 0 Å². The first-order valence-corrected chi connectivity index (χ1v) is 8.05. The van der Waals surface area contributed by atoms with Gasteiger partial charge in [0, 0.05) is 33.3 Å². The summed E-state index contributed by atoms with van der Waals surface area (Å²) in [5.74, 6) is 0.478. The minimum absolute atomic E-state index is 0.0593. The van der Waals surface area contributed by atoms with Gasteiger partial charge in [0.1, 0.15) is 11.5 Å². The van der Waals surface area contributed by atoms with Crippen LogP contribution in [0, 0.1) is 0 Å². The van der Waals surface area contributed by atoms with E-state index < -0.39 is 0 Å². The highest BCUT2D eigenvalue weighted by atomic mass is 16.3. The fourth-order valence-electron chi connectivity index (χ4n) is 1.99. The van der Waals surface area contributed by atoms with E-state index in [9.17, 15) is 4.79 Å². The van der Waals surface area contributed by atoms with E-state index in [-0.39, 0.29) is 12.5 Å². The van der Waals surface area contributed by atoms with Gasteiger partial charge in [0.25, 0.3) is 5.91 Å². The maximum Gasteiger partial charge on any atom is 0.271 e. The third-order valence-corrected chi connectivity index (χ3v) is 3.21. The molecular weight excluding hydrogens is 292 g/mol. The zero-order valence-corrected chi connectivity index (χ0v) is 14.0. The monoisotopic (exact) mass is 320 g/mol. The molecule has 0 fully saturated rings. The Bertz CT molecular complexity index is 489. The molecule has 0 unspecified atom stereocenters. The van der Waals surface area contributed by atoms with E-state index >= 15 is 0 Å². The van der Waals surface area contributed by atoms with Crippen LogP contribution in [0.4, 0.5) is 0 Å². The molecule has 6 nitrogen and oxygen atoms in total. The minimum Gasteiger partial charge on any atom is -0.396 e. The molecule has 6 heteroatoms. The highest BCUT2D eigenvalue weighted by molar-refractivity contribution is 5.93. The van der Waals surface area contributed by atoms with Gasteiger partial charge in [-0.2, -0.15) is 0 Å². The average Bonchev–Trinajstić information content (AvgIpc) is 2.58. The third kappa shape index (κ3) is 7.06. The Labute approximate surface area is 138 Å². The fourth-order valence-corrected chi connectivity index (χ4v) is 1.99. The molecule has 23 heavy (non-hydrogen) atoms. The van der Waals surface area contributed by atoms with Crippen LogP contribution >= 0.6 is 0 Å². The summed E-state index contributed by atoms with van der Waals surface area (Å²) in [6.07, 6.45) is 1.50. The van der Waals surface area contributed by atoms with E-state index in [4.69, 9.17) is 5.11 Å². The van der Waals surface area contributed by atoms with Crippen molar-refractivity contribution in [2.45, 2.75) is 26.3 Å². The molecular formula is C17H28N4O2. The number of nitrogens with one attached hydrogen (secondary N) is 4. The lowest BCUT2D eigenvalue weighted by molar-refractivity contribution is -0.118. The molecule has 0 heterocycles. The van der Waals surface area contributed by atoms with Gasteiger partial charge in [0.15, 0.2) is 0 Å². The number of carbonyl (C=O) groups excluding carboxylic acids is 1. The molecule has 128 valence electrons. The number of aliphatic hydroxyl groups excluding tert-OH is 1. The quantitative estimate of drug-likeness (QED) is 0.306. The molecule has 0 aromatic heterocycles. The number of aliphatic hydroxyl groups is 1. The Morgan fingerprint density at radius 2 is 1.83 bits per heavy atom. The van der Waals surface area contributed by atoms with Gasteiger partial charge in [-0.1, -0.05) is 37.3 Å². The van der Waals surface area contributed by atoms with Crippen molar-refractivity contribution in [2.24, 2.45) is 0 Å². The molecule has 0 radical (unpaired) electrons. The van der Waals surface area contributed by atoms with Crippen LogP contribution in [0.5, 0.6) is 0 Å². The second kappa shape index (κ2) is 11.4. The Morgan fingerprint density at radius 1 is 1.09 bits per heavy atom. The summed E-state index contributed by atoms with van der Waals surface area (Å²) in [5.41, 5.74) is 1.57. The lowest BCUT2D eigenvalue weighted by atomic mass is 10.2. The van der Waals surface area contributed by atoms with Crippen molar-refractivity contribution in [3.8, 4) is 0 Å². The van der Waals surface area contributed by atoms with Crippen LogP contribution in [0.25, 0.3) is 0 Å². The molecule has 0 aliphatic carbocycles. The lowest BCUT2D eigenvalue weighted by Crippen LogP contribution is -2.39. The summed E-state index contributed by atoms with van der Waals surface area (Å²) >= 11 is 0. The fraction of sp³-hybridized carbons (Fsp3) is 0.471. The number of carbonyl (C=O) groups is 1. The number of hydrogen-bond acceptors (Lipinski definition) is 5. The van der Waals surface area contributed by atoms with Gasteiger partial charge in [-0.05, 0) is 18.4 Å². The van der Waals surface area contributed by atoms with E-state index in [2.05, 4.69) is 28.2 Å². The van der Waals surface area contributed by atoms with Crippen molar-refractivity contribution in [2.75, 3.05) is 26.7 Å². The first-order chi connectivity index (χ1) is 11.2. The molecule has 1 rings (SSSR count). The third-order valence-electron chi connectivity index (χ3n) is 3.21. The van der Waals surface area contributed by atoms with Crippen LogP contribution in [0.15, 0.2) is 41.8 Å². The van der Waals surface area contributed by atoms with Crippen LogP contribution in [0.2, 0.25) is 0 Å². The first-order valence-electron chi connectivity index (χ1n) is 8.05. The number of rotatable bonds is 11. The summed E-state index contributed by atoms with van der Waals surface area (Å²) in [5, 5.41) is 21.1. The maximum absolute atomic E-state index is 12.4. The molecule has 0 atom stereocenters. The molecule has 0 aliphatic rings. The minimum atomic E-state index is -0.192. The van der Waals surface area contributed by atoms with Gasteiger partial charge in [-0.25, -0.2) is 0 Å². The number of benzene rings is 1. The van der Waals surface area contributed by atoms with Crippen LogP contribution in [-0.2, 0) is 11.3 Å². The summed E-state index contributed by atoms with van der Waals surface area (Å²) in [6, 6.07) is 9.91. The lowest BCUT2D eigenvalue weighted by Gasteiger charge is -2.18. The molecule has 0 bridgehead atoms. The van der Waals surface area contributed by atoms with Crippen molar-refractivity contribution in [3.63, 3.8) is 0 Å². The molecule has 5 N–H and O–H groups in total. The molecule has 1 amide bonds. The summed E-state index contributed by atoms with van der Waals surface area (Å²) < 4.78 is 0. The molecule has 1 aromatic rings. The van der Waals surface area contributed by atoms with E-state index in [0.717, 1.165) is 18.5 Å². The summed E-state index contributed by atoms with van der Waals surface area (Å²) in [7, 11) is 1.78. The summed E-state index contributed by atoms with van der Waals surface area (Å²) in [6.45, 7) is 3.90. The Kier molecular flexibility index (Phi) is 9.31. The topological polar surface area (TPSA) is 85.4 Å². The van der Waals surface area contributed by atoms with E-state index in [0.29, 0.717) is 31.0 Å². The molecule has 0 saturated heterocycles. The zero-order valence-electron chi connectivity index (χ0n) is 14.0. The van der Waals surface area contributed by atoms with Crippen molar-refractivity contribution in [1.82, 2.24) is 21.3 Å². The number of amides is 1. The van der Waals surface area contributed by atoms with E-state index in [1.807, 2.05) is 30.3 Å². The standard InChI is InChI=1S/C17H28N4O2/c1-3-10-19-16(18-2)15(17(23)20-11-7-12-22)21-13-14-8-5-4-6-9-14/h4-6,8-9,18-19,21-22H,3,7,10-13H2,1-2H3,(H,20,23)/b16-15+. The SMILES string of the molecule is CCCN/C(NC)=C(/NCc1ccccc1)C(=O)NCCCO. The zero-order chi connectivity index (χ0) is 16.9. The van der Waals surface area contributed by atoms with Gasteiger partial charge in [0.2, 0.25) is 0 Å². The first kappa shape index (κ1) is 18.8. The largest absolute Gasteiger partial charge is 0.396 e. The van der Waals surface area contributed by atoms with Gasteiger partial charge in [-0.15, -0.1) is 0 Å². The van der Waals surface area contributed by atoms with Crippen LogP contribution in [0.1, 0.15) is 25.3 Å². The smallest absolute Gasteiger partial charge is 0.271 e. The predicted molar refractivity (Wildman–Crippen MR) is 92.4 cm³/mol. The highest BCUT2D eigenvalue weighted by Crippen LogP contribution is 2.02. The summed E-state index contributed by atoms with van der Waals surface area (Å²) in [4.78, 5) is 12.4. The van der Waals surface area contributed by atoms with Crippen LogP contribution in [-0.4, -0.2) is 37.8 Å². The highest BCUT2D eigenvalue weighted by Gasteiger charge is 2.14. The average molecular weight is 320 g/mol. The normalized spacial score (nSPS) is 11.4. The second-order valence-electron chi connectivity index (χ2n) is 5.10. The van der Waals surface area contributed by atoms with Crippen molar-refractivity contribution >= 4 is 5.91 Å². The maximum atomic E-state index is 12.4. The van der Waals surface area contributed by atoms with Crippen molar-refractivity contribution < 1.29 is 9.90 Å². The van der Waals surface area contributed by atoms with Crippen molar-refractivity contribution in [3.05, 3.63) is 47.4 Å². The molecule has 0 spiro atoms. The second-order valence-corrected chi connectivity index (χ2v) is 5.10. The van der Waals surface area contributed by atoms with Gasteiger partial charge in [-0.3, -0.25) is 4.79 Å². The Balaban J connectivity index is 2.81. The molecule has 0 saturated carbocycles. The number of hydrogen-bond donors (Lipinski definition) is 5. The van der Waals surface area contributed by atoms with Gasteiger partial charge in [0.05, 0.1) is 0 Å². The van der Waals surface area contributed by atoms with Gasteiger partial charge >= 0.3 is 0 Å². The Hall–Kier alpha value is -2.21. The molecule has 1 aromatic carbocycles. The van der Waals surface area contributed by atoms with Crippen LogP contribution < -0.4 is 21.3 Å². The van der Waals surface area contributed by atoms with E-state index in [1.165, 1.54) is 0 Å².